The maximum absolute atomic E-state index is 3.47. The van der Waals surface area contributed by atoms with Crippen LogP contribution in [0.15, 0.2) is 6.07 Å². The van der Waals surface area contributed by atoms with Crippen LogP contribution in [0.5, 0.6) is 0 Å². The number of hydrogen-bond donors (Lipinski definition) is 1. The second kappa shape index (κ2) is 3.35. The molecule has 14 heavy (non-hydrogen) atoms. The second-order valence-corrected chi connectivity index (χ2v) is 6.29. The van der Waals surface area contributed by atoms with Gasteiger partial charge >= 0.3 is 0 Å². The highest BCUT2D eigenvalue weighted by atomic mass is 32.1. The highest BCUT2D eigenvalue weighted by Gasteiger charge is 2.35. The molecule has 1 aliphatic carbocycles. The Kier molecular flexibility index (Phi) is 2.44. The van der Waals surface area contributed by atoms with Crippen LogP contribution in [0.3, 0.4) is 0 Å². The molecule has 78 valence electrons. The van der Waals surface area contributed by atoms with E-state index in [9.17, 15) is 0 Å². The molecule has 0 bridgehead atoms. The van der Waals surface area contributed by atoms with Gasteiger partial charge in [-0.05, 0) is 43.9 Å². The lowest BCUT2D eigenvalue weighted by atomic mass is 9.73. The molecule has 0 saturated heterocycles. The Morgan fingerprint density at radius 3 is 2.86 bits per heavy atom. The molecule has 1 aliphatic rings. The van der Waals surface area contributed by atoms with Crippen molar-refractivity contribution in [2.24, 2.45) is 5.41 Å². The Bertz CT molecular complexity index is 338. The van der Waals surface area contributed by atoms with Gasteiger partial charge in [0, 0.05) is 15.8 Å². The van der Waals surface area contributed by atoms with E-state index in [1.165, 1.54) is 17.7 Å². The van der Waals surface area contributed by atoms with Crippen molar-refractivity contribution in [3.8, 4) is 0 Å². The first-order valence-electron chi connectivity index (χ1n) is 5.31. The van der Waals surface area contributed by atoms with Crippen molar-refractivity contribution in [3.63, 3.8) is 0 Å². The summed E-state index contributed by atoms with van der Waals surface area (Å²) in [6.07, 6.45) is 2.56. The van der Waals surface area contributed by atoms with Crippen LogP contribution in [0, 0.1) is 12.3 Å². The minimum absolute atomic E-state index is 0.398. The minimum Gasteiger partial charge on any atom is -0.313 e. The van der Waals surface area contributed by atoms with Crippen molar-refractivity contribution in [1.82, 2.24) is 5.32 Å². The van der Waals surface area contributed by atoms with E-state index in [2.05, 4.69) is 39.2 Å². The first-order chi connectivity index (χ1) is 6.54. The van der Waals surface area contributed by atoms with Gasteiger partial charge in [-0.3, -0.25) is 0 Å². The van der Waals surface area contributed by atoms with E-state index in [4.69, 9.17) is 0 Å². The van der Waals surface area contributed by atoms with Gasteiger partial charge in [0.2, 0.25) is 0 Å². The predicted molar refractivity (Wildman–Crippen MR) is 63.0 cm³/mol. The van der Waals surface area contributed by atoms with Crippen molar-refractivity contribution in [2.75, 3.05) is 7.05 Å². The Labute approximate surface area is 90.5 Å². The number of rotatable bonds is 1. The minimum atomic E-state index is 0.398. The van der Waals surface area contributed by atoms with E-state index in [-0.39, 0.29) is 0 Å². The average Bonchev–Trinajstić information content (AvgIpc) is 2.44. The smallest absolute Gasteiger partial charge is 0.0380 e. The highest BCUT2D eigenvalue weighted by molar-refractivity contribution is 7.12. The van der Waals surface area contributed by atoms with E-state index in [0.29, 0.717) is 11.5 Å². The molecule has 0 amide bonds. The summed E-state index contributed by atoms with van der Waals surface area (Å²) in [5.41, 5.74) is 1.95. The molecule has 0 aromatic carbocycles. The molecule has 0 radical (unpaired) electrons. The molecule has 1 aromatic rings. The zero-order valence-corrected chi connectivity index (χ0v) is 10.3. The fourth-order valence-corrected chi connectivity index (χ4v) is 3.64. The number of aryl methyl sites for hydroxylation is 2. The van der Waals surface area contributed by atoms with Crippen molar-refractivity contribution >= 4 is 11.3 Å². The van der Waals surface area contributed by atoms with Gasteiger partial charge in [0.1, 0.15) is 0 Å². The van der Waals surface area contributed by atoms with E-state index >= 15 is 0 Å². The van der Waals surface area contributed by atoms with Gasteiger partial charge < -0.3 is 5.32 Å². The maximum atomic E-state index is 3.47. The van der Waals surface area contributed by atoms with Crippen LogP contribution in [0.2, 0.25) is 0 Å². The molecule has 0 saturated carbocycles. The summed E-state index contributed by atoms with van der Waals surface area (Å²) in [6.45, 7) is 6.94. The van der Waals surface area contributed by atoms with Gasteiger partial charge in [0.05, 0.1) is 0 Å². The van der Waals surface area contributed by atoms with Gasteiger partial charge in [-0.15, -0.1) is 11.3 Å². The summed E-state index contributed by atoms with van der Waals surface area (Å²) in [5, 5.41) is 3.47. The van der Waals surface area contributed by atoms with Crippen molar-refractivity contribution < 1.29 is 0 Å². The summed E-state index contributed by atoms with van der Waals surface area (Å²) in [5.74, 6) is 0. The van der Waals surface area contributed by atoms with E-state index < -0.39 is 0 Å². The maximum Gasteiger partial charge on any atom is 0.0380 e. The third-order valence-corrected chi connectivity index (χ3v) is 4.47. The van der Waals surface area contributed by atoms with Crippen LogP contribution in [0.4, 0.5) is 0 Å². The van der Waals surface area contributed by atoms with E-state index in [1.807, 2.05) is 11.3 Å². The summed E-state index contributed by atoms with van der Waals surface area (Å²) in [6, 6.07) is 2.90. The van der Waals surface area contributed by atoms with E-state index in [0.717, 1.165) is 0 Å². The molecule has 1 atom stereocenters. The lowest BCUT2D eigenvalue weighted by Crippen LogP contribution is -2.35. The summed E-state index contributed by atoms with van der Waals surface area (Å²) in [4.78, 5) is 3.05. The fourth-order valence-electron chi connectivity index (χ4n) is 2.57. The van der Waals surface area contributed by atoms with Gasteiger partial charge in [-0.25, -0.2) is 0 Å². The van der Waals surface area contributed by atoms with Crippen LogP contribution in [0.25, 0.3) is 0 Å². The molecule has 2 rings (SSSR count). The first-order valence-corrected chi connectivity index (χ1v) is 6.13. The zero-order chi connectivity index (χ0) is 10.3. The second-order valence-electron chi connectivity index (χ2n) is 4.95. The molecule has 1 aromatic heterocycles. The van der Waals surface area contributed by atoms with Crippen LogP contribution in [-0.2, 0) is 6.42 Å². The van der Waals surface area contributed by atoms with Crippen LogP contribution in [-0.4, -0.2) is 7.05 Å². The van der Waals surface area contributed by atoms with Crippen LogP contribution >= 0.6 is 11.3 Å². The zero-order valence-electron chi connectivity index (χ0n) is 9.48. The third-order valence-electron chi connectivity index (χ3n) is 3.34. The monoisotopic (exact) mass is 209 g/mol. The number of nitrogens with one attached hydrogen (secondary N) is 1. The summed E-state index contributed by atoms with van der Waals surface area (Å²) >= 11 is 1.97. The topological polar surface area (TPSA) is 12.0 Å². The Morgan fingerprint density at radius 2 is 2.21 bits per heavy atom. The molecule has 1 nitrogen and oxygen atoms in total. The SMILES string of the molecule is CNC1c2cc(C)sc2CCC1(C)C. The Balaban J connectivity index is 2.44. The molecule has 1 heterocycles. The van der Waals surface area contributed by atoms with Crippen molar-refractivity contribution in [1.29, 1.82) is 0 Å². The third kappa shape index (κ3) is 1.51. The molecular weight excluding hydrogens is 190 g/mol. The van der Waals surface area contributed by atoms with Gasteiger partial charge in [0.25, 0.3) is 0 Å². The molecule has 0 aliphatic heterocycles. The summed E-state index contributed by atoms with van der Waals surface area (Å²) < 4.78 is 0. The normalized spacial score (nSPS) is 24.7. The molecular formula is C12H19NS. The quantitative estimate of drug-likeness (QED) is 0.748. The van der Waals surface area contributed by atoms with Crippen LogP contribution in [0.1, 0.15) is 41.6 Å². The predicted octanol–water partition coefficient (Wildman–Crippen LogP) is 3.29. The number of fused-ring (bicyclic) bond motifs is 1. The molecule has 0 fully saturated rings. The molecule has 1 N–H and O–H groups in total. The van der Waals surface area contributed by atoms with Gasteiger partial charge in [-0.2, -0.15) is 0 Å². The fraction of sp³-hybridized carbons (Fsp3) is 0.667. The molecule has 1 unspecified atom stereocenters. The lowest BCUT2D eigenvalue weighted by Gasteiger charge is -2.38. The largest absolute Gasteiger partial charge is 0.313 e. The molecule has 2 heteroatoms. The van der Waals surface area contributed by atoms with Crippen LogP contribution < -0.4 is 5.32 Å². The standard InChI is InChI=1S/C12H19NS/c1-8-7-9-10(14-8)5-6-12(2,3)11(9)13-4/h7,11,13H,5-6H2,1-4H3. The Morgan fingerprint density at radius 1 is 1.50 bits per heavy atom. The average molecular weight is 209 g/mol. The number of thiophene rings is 1. The highest BCUT2D eigenvalue weighted by Crippen LogP contribution is 2.45. The van der Waals surface area contributed by atoms with Crippen molar-refractivity contribution in [2.45, 2.75) is 39.7 Å². The molecule has 0 spiro atoms. The van der Waals surface area contributed by atoms with E-state index in [1.54, 1.807) is 10.4 Å². The Hall–Kier alpha value is -0.340. The first kappa shape index (κ1) is 10.2. The van der Waals surface area contributed by atoms with Gasteiger partial charge in [-0.1, -0.05) is 13.8 Å². The number of hydrogen-bond acceptors (Lipinski definition) is 2. The summed E-state index contributed by atoms with van der Waals surface area (Å²) in [7, 11) is 2.08. The van der Waals surface area contributed by atoms with Crippen molar-refractivity contribution in [3.05, 3.63) is 21.4 Å². The van der Waals surface area contributed by atoms with Gasteiger partial charge in [0.15, 0.2) is 0 Å². The lowest BCUT2D eigenvalue weighted by molar-refractivity contribution is 0.221.